The molecule has 6 N–H and O–H groups in total. The number of hydrogen-bond acceptors (Lipinski definition) is 11. The van der Waals surface area contributed by atoms with Gasteiger partial charge in [0.2, 0.25) is 11.8 Å². The van der Waals surface area contributed by atoms with Crippen molar-refractivity contribution in [3.8, 4) is 11.1 Å². The third kappa shape index (κ3) is 9.45. The van der Waals surface area contributed by atoms with Crippen molar-refractivity contribution in [3.05, 3.63) is 111 Å². The Labute approximate surface area is 339 Å². The van der Waals surface area contributed by atoms with Crippen LogP contribution in [0.1, 0.15) is 59.0 Å². The number of anilines is 1. The van der Waals surface area contributed by atoms with E-state index in [-0.39, 0.29) is 38.3 Å². The zero-order valence-electron chi connectivity index (χ0n) is 32.7. The Morgan fingerprint density at radius 3 is 2.34 bits per heavy atom. The van der Waals surface area contributed by atoms with Crippen LogP contribution in [0.5, 0.6) is 0 Å². The summed E-state index contributed by atoms with van der Waals surface area (Å²) in [5.74, 6) is 0.0934. The molecule has 0 bridgehead atoms. The number of aliphatic hydroxyl groups is 1. The molecule has 0 radical (unpaired) electrons. The molecule has 0 aliphatic heterocycles. The van der Waals surface area contributed by atoms with Crippen LogP contribution in [0.2, 0.25) is 0 Å². The molecule has 0 saturated carbocycles. The van der Waals surface area contributed by atoms with Crippen molar-refractivity contribution in [1.29, 1.82) is 0 Å². The lowest BCUT2D eigenvalue weighted by molar-refractivity contribution is -0.128. The number of pyridine rings is 1. The van der Waals surface area contributed by atoms with Crippen molar-refractivity contribution >= 4 is 57.0 Å². The fraction of sp³-hybridized carbons (Fsp3) is 0.326. The molecule has 14 nitrogen and oxygen atoms in total. The number of imidazole rings is 1. The van der Waals surface area contributed by atoms with Crippen LogP contribution >= 0.6 is 11.3 Å². The summed E-state index contributed by atoms with van der Waals surface area (Å²) in [4.78, 5) is 48.6. The Kier molecular flexibility index (Phi) is 12.3. The average Bonchev–Trinajstić information content (AvgIpc) is 3.90. The normalized spacial score (nSPS) is 12.4. The Morgan fingerprint density at radius 1 is 0.897 bits per heavy atom. The molecule has 3 aromatic heterocycles. The van der Waals surface area contributed by atoms with E-state index >= 15 is 0 Å². The highest BCUT2D eigenvalue weighted by Gasteiger charge is 2.29. The molecule has 3 aromatic carbocycles. The maximum atomic E-state index is 12.4. The number of carbonyl (C=O) groups is 3. The fourth-order valence-corrected chi connectivity index (χ4v) is 8.16. The molecule has 3 amide bonds. The van der Waals surface area contributed by atoms with E-state index < -0.39 is 17.6 Å². The smallest absolute Gasteiger partial charge is 0.407 e. The molecular weight excluding hydrogens is 759 g/mol. The second-order valence-electron chi connectivity index (χ2n) is 14.7. The number of ether oxygens (including phenoxy) is 3. The molecule has 302 valence electrons. The van der Waals surface area contributed by atoms with Gasteiger partial charge in [-0.3, -0.25) is 9.59 Å². The van der Waals surface area contributed by atoms with Gasteiger partial charge in [0.15, 0.2) is 5.82 Å². The second kappa shape index (κ2) is 17.7. The maximum absolute atomic E-state index is 12.4. The van der Waals surface area contributed by atoms with Crippen molar-refractivity contribution in [2.24, 2.45) is 0 Å². The molecule has 7 rings (SSSR count). The fourth-order valence-electron chi connectivity index (χ4n) is 7.16. The van der Waals surface area contributed by atoms with E-state index in [1.54, 1.807) is 25.2 Å². The van der Waals surface area contributed by atoms with E-state index in [2.05, 4.69) is 39.1 Å². The maximum Gasteiger partial charge on any atom is 0.407 e. The van der Waals surface area contributed by atoms with Gasteiger partial charge in [0.05, 0.1) is 29.7 Å². The van der Waals surface area contributed by atoms with Gasteiger partial charge >= 0.3 is 6.09 Å². The minimum Gasteiger partial charge on any atom is -0.449 e. The number of carbonyl (C=O) groups excluding carboxylic acids is 3. The number of nitrogen functional groups attached to an aromatic ring is 1. The molecule has 1 aliphatic carbocycles. The summed E-state index contributed by atoms with van der Waals surface area (Å²) < 4.78 is 18.4. The Morgan fingerprint density at radius 2 is 1.62 bits per heavy atom. The molecule has 0 saturated heterocycles. The highest BCUT2D eigenvalue weighted by atomic mass is 32.1. The molecule has 0 fully saturated rings. The molecule has 58 heavy (non-hydrogen) atoms. The molecule has 3 heterocycles. The predicted molar refractivity (Wildman–Crippen MR) is 222 cm³/mol. The first-order valence-electron chi connectivity index (χ1n) is 19.1. The van der Waals surface area contributed by atoms with Crippen LogP contribution in [0.25, 0.3) is 33.1 Å². The van der Waals surface area contributed by atoms with E-state index in [1.807, 2.05) is 72.2 Å². The van der Waals surface area contributed by atoms with Crippen molar-refractivity contribution in [1.82, 2.24) is 30.5 Å². The standard InChI is InChI=1S/C43H47N7O7S/c1-4-55-22-36-49-39-40(50(36)24-43(2,3)54)33-16-13-26(18-35(33)48-41(39)44)17-27-14-15-28(58-27)19-45-38(52)23-56-25-47-37(51)20-46-42(53)57-21-34-31-11-7-5-9-29(31)30-10-6-8-12-32(30)34/h5-16,18,34,54H,4,17,19-25H2,1-3H3,(H2,44,48)(H,45,52)(H,46,53)(H,47,51). The van der Waals surface area contributed by atoms with Gasteiger partial charge < -0.3 is 45.6 Å². The van der Waals surface area contributed by atoms with Crippen LogP contribution in [-0.2, 0) is 49.9 Å². The first kappa shape index (κ1) is 40.3. The lowest BCUT2D eigenvalue weighted by atomic mass is 9.98. The quantitative estimate of drug-likeness (QED) is 0.0592. The third-order valence-electron chi connectivity index (χ3n) is 9.72. The molecule has 6 aromatic rings. The number of nitrogens with two attached hydrogens (primary N) is 1. The summed E-state index contributed by atoms with van der Waals surface area (Å²) in [6.45, 7) is 6.29. The van der Waals surface area contributed by atoms with Crippen LogP contribution in [0.3, 0.4) is 0 Å². The van der Waals surface area contributed by atoms with Gasteiger partial charge in [0, 0.05) is 34.1 Å². The van der Waals surface area contributed by atoms with Crippen LogP contribution in [0, 0.1) is 0 Å². The van der Waals surface area contributed by atoms with E-state index in [0.29, 0.717) is 49.9 Å². The molecular formula is C43H47N7O7S. The number of amides is 3. The first-order valence-corrected chi connectivity index (χ1v) is 19.9. The number of thiophene rings is 1. The molecule has 1 aliphatic rings. The largest absolute Gasteiger partial charge is 0.449 e. The van der Waals surface area contributed by atoms with Crippen LogP contribution in [0.15, 0.2) is 78.9 Å². The topological polar surface area (TPSA) is 192 Å². The van der Waals surface area contributed by atoms with Crippen molar-refractivity contribution in [2.45, 2.75) is 58.4 Å². The van der Waals surface area contributed by atoms with Gasteiger partial charge in [-0.2, -0.15) is 0 Å². The van der Waals surface area contributed by atoms with Crippen molar-refractivity contribution < 1.29 is 33.7 Å². The van der Waals surface area contributed by atoms with Crippen LogP contribution in [0.4, 0.5) is 10.6 Å². The van der Waals surface area contributed by atoms with Gasteiger partial charge in [-0.1, -0.05) is 60.7 Å². The Hall–Kier alpha value is -5.87. The number of hydrogen-bond donors (Lipinski definition) is 5. The third-order valence-corrected chi connectivity index (χ3v) is 10.8. The number of nitrogens with zero attached hydrogens (tertiary/aromatic N) is 3. The van der Waals surface area contributed by atoms with Gasteiger partial charge in [-0.05, 0) is 66.8 Å². The Balaban J connectivity index is 0.834. The number of fused-ring (bicyclic) bond motifs is 6. The number of benzene rings is 3. The highest BCUT2D eigenvalue weighted by Crippen LogP contribution is 2.44. The number of nitrogens with one attached hydrogen (secondary N) is 3. The summed E-state index contributed by atoms with van der Waals surface area (Å²) in [5, 5.41) is 19.4. The number of alkyl carbamates (subject to hydrolysis) is 1. The van der Waals surface area contributed by atoms with Crippen molar-refractivity contribution in [3.63, 3.8) is 0 Å². The number of aromatic nitrogens is 3. The molecule has 0 atom stereocenters. The zero-order valence-corrected chi connectivity index (χ0v) is 33.5. The monoisotopic (exact) mass is 805 g/mol. The second-order valence-corrected chi connectivity index (χ2v) is 16.0. The summed E-state index contributed by atoms with van der Waals surface area (Å²) in [6, 6.07) is 26.2. The van der Waals surface area contributed by atoms with Crippen LogP contribution < -0.4 is 21.7 Å². The van der Waals surface area contributed by atoms with Gasteiger partial charge in [-0.25, -0.2) is 14.8 Å². The average molecular weight is 806 g/mol. The van der Waals surface area contributed by atoms with Gasteiger partial charge in [0.25, 0.3) is 0 Å². The predicted octanol–water partition coefficient (Wildman–Crippen LogP) is 5.37. The summed E-state index contributed by atoms with van der Waals surface area (Å²) in [7, 11) is 0. The molecule has 0 unspecified atom stereocenters. The van der Waals surface area contributed by atoms with E-state index in [1.165, 1.54) is 0 Å². The Bertz CT molecular complexity index is 2410. The first-order chi connectivity index (χ1) is 28.0. The lowest BCUT2D eigenvalue weighted by Gasteiger charge is -2.20. The summed E-state index contributed by atoms with van der Waals surface area (Å²) in [6.07, 6.45) is -0.0407. The SMILES string of the molecule is CCOCc1nc2c(N)nc3cc(Cc4ccc(CNC(=O)COCNC(=O)CNC(=O)OCC5c6ccccc6-c6ccccc65)s4)ccc3c2n1CC(C)(C)O. The van der Waals surface area contributed by atoms with E-state index in [4.69, 9.17) is 24.9 Å². The van der Waals surface area contributed by atoms with E-state index in [9.17, 15) is 19.5 Å². The highest BCUT2D eigenvalue weighted by molar-refractivity contribution is 7.12. The molecule has 15 heteroatoms. The molecule has 0 spiro atoms. The zero-order chi connectivity index (χ0) is 40.8. The minimum atomic E-state index is -0.989. The number of rotatable bonds is 17. The summed E-state index contributed by atoms with van der Waals surface area (Å²) >= 11 is 1.59. The van der Waals surface area contributed by atoms with Crippen molar-refractivity contribution in [2.75, 3.05) is 38.8 Å². The van der Waals surface area contributed by atoms with Crippen LogP contribution in [-0.4, -0.2) is 76.2 Å². The van der Waals surface area contributed by atoms with E-state index in [0.717, 1.165) is 54.0 Å². The lowest BCUT2D eigenvalue weighted by Crippen LogP contribution is -2.39. The summed E-state index contributed by atoms with van der Waals surface area (Å²) in [5.41, 5.74) is 13.1. The van der Waals surface area contributed by atoms with Gasteiger partial charge in [-0.15, -0.1) is 11.3 Å². The minimum absolute atomic E-state index is 0.0831. The van der Waals surface area contributed by atoms with Gasteiger partial charge in [0.1, 0.15) is 44.4 Å².